The Labute approximate surface area is 119 Å². The summed E-state index contributed by atoms with van der Waals surface area (Å²) < 4.78 is 17.7. The molecular formula is C14H22NO4P. The predicted octanol–water partition coefficient (Wildman–Crippen LogP) is 3.33. The number of methoxy groups -OCH3 is 1. The van der Waals surface area contributed by atoms with Crippen molar-refractivity contribution in [1.29, 1.82) is 0 Å². The molecule has 6 heteroatoms. The standard InChI is InChI=1S/C14H22NO4P/c1-14(2,3)9-7-10(15-13(16)17)12(19-4)11(8-9)20(5,6)18/h7-8,15H,1-6H3,(H,16,17). The number of ether oxygens (including phenoxy) is 1. The Morgan fingerprint density at radius 2 is 1.85 bits per heavy atom. The number of hydrogen-bond acceptors (Lipinski definition) is 3. The van der Waals surface area contributed by atoms with Crippen molar-refractivity contribution in [2.24, 2.45) is 0 Å². The number of carboxylic acid groups (broad SMARTS) is 1. The molecule has 0 aliphatic heterocycles. The van der Waals surface area contributed by atoms with Crippen molar-refractivity contribution in [3.8, 4) is 5.75 Å². The Kier molecular flexibility index (Phi) is 4.55. The number of nitrogens with one attached hydrogen (secondary N) is 1. The third-order valence-electron chi connectivity index (χ3n) is 2.96. The van der Waals surface area contributed by atoms with Crippen LogP contribution in [-0.2, 0) is 9.98 Å². The smallest absolute Gasteiger partial charge is 0.409 e. The van der Waals surface area contributed by atoms with Gasteiger partial charge in [0.1, 0.15) is 7.14 Å². The number of anilines is 1. The third kappa shape index (κ3) is 3.76. The van der Waals surface area contributed by atoms with Gasteiger partial charge in [0.2, 0.25) is 0 Å². The molecule has 0 aromatic heterocycles. The average Bonchev–Trinajstić information content (AvgIpc) is 2.24. The first-order valence-corrected chi connectivity index (χ1v) is 8.85. The van der Waals surface area contributed by atoms with E-state index in [1.807, 2.05) is 26.8 Å². The van der Waals surface area contributed by atoms with Gasteiger partial charge in [0.25, 0.3) is 0 Å². The topological polar surface area (TPSA) is 75.6 Å². The lowest BCUT2D eigenvalue weighted by Gasteiger charge is -2.24. The first-order valence-electron chi connectivity index (χ1n) is 6.25. The van der Waals surface area contributed by atoms with Crippen molar-refractivity contribution in [3.05, 3.63) is 17.7 Å². The lowest BCUT2D eigenvalue weighted by atomic mass is 9.86. The number of hydrogen-bond donors (Lipinski definition) is 2. The highest BCUT2D eigenvalue weighted by Gasteiger charge is 2.25. The molecule has 20 heavy (non-hydrogen) atoms. The van der Waals surface area contributed by atoms with Gasteiger partial charge >= 0.3 is 6.09 Å². The molecule has 1 amide bonds. The molecule has 112 valence electrons. The molecule has 1 aromatic carbocycles. The van der Waals surface area contributed by atoms with Crippen LogP contribution in [-0.4, -0.2) is 31.6 Å². The summed E-state index contributed by atoms with van der Waals surface area (Å²) in [6.07, 6.45) is -1.18. The van der Waals surface area contributed by atoms with Gasteiger partial charge in [-0.2, -0.15) is 0 Å². The number of rotatable bonds is 3. The molecule has 0 saturated heterocycles. The molecule has 2 N–H and O–H groups in total. The normalized spacial score (nSPS) is 12.1. The van der Waals surface area contributed by atoms with Crippen molar-refractivity contribution in [3.63, 3.8) is 0 Å². The van der Waals surface area contributed by atoms with Crippen LogP contribution in [0.4, 0.5) is 10.5 Å². The van der Waals surface area contributed by atoms with E-state index in [9.17, 15) is 9.36 Å². The predicted molar refractivity (Wildman–Crippen MR) is 82.4 cm³/mol. The zero-order valence-electron chi connectivity index (χ0n) is 12.8. The second kappa shape index (κ2) is 5.49. The Balaban J connectivity index is 3.65. The fraction of sp³-hybridized carbons (Fsp3) is 0.500. The molecule has 1 aromatic rings. The first kappa shape index (κ1) is 16.6. The molecule has 0 aliphatic rings. The number of amides is 1. The molecule has 0 unspecified atom stereocenters. The first-order chi connectivity index (χ1) is 8.96. The quantitative estimate of drug-likeness (QED) is 0.839. The van der Waals surface area contributed by atoms with Crippen LogP contribution in [0.3, 0.4) is 0 Å². The number of benzene rings is 1. The van der Waals surface area contributed by atoms with Gasteiger partial charge in [-0.25, -0.2) is 4.79 Å². The van der Waals surface area contributed by atoms with E-state index >= 15 is 0 Å². The number of carbonyl (C=O) groups is 1. The van der Waals surface area contributed by atoms with Crippen LogP contribution in [0, 0.1) is 0 Å². The van der Waals surface area contributed by atoms with E-state index in [2.05, 4.69) is 5.32 Å². The fourth-order valence-corrected chi connectivity index (χ4v) is 3.02. The SMILES string of the molecule is COc1c(NC(=O)O)cc(C(C)(C)C)cc1P(C)(C)=O. The Bertz CT molecular complexity index is 569. The maximum atomic E-state index is 12.5. The minimum absolute atomic E-state index is 0.189. The summed E-state index contributed by atoms with van der Waals surface area (Å²) in [5.41, 5.74) is 1.04. The van der Waals surface area contributed by atoms with Crippen molar-refractivity contribution in [2.45, 2.75) is 26.2 Å². The molecule has 0 spiro atoms. The summed E-state index contributed by atoms with van der Waals surface area (Å²) in [6, 6.07) is 3.57. The van der Waals surface area contributed by atoms with Crippen molar-refractivity contribution in [2.75, 3.05) is 25.8 Å². The van der Waals surface area contributed by atoms with Gasteiger partial charge in [-0.3, -0.25) is 5.32 Å². The van der Waals surface area contributed by atoms with Crippen molar-refractivity contribution < 1.29 is 19.2 Å². The van der Waals surface area contributed by atoms with E-state index in [0.29, 0.717) is 16.7 Å². The summed E-state index contributed by atoms with van der Waals surface area (Å²) in [4.78, 5) is 10.9. The van der Waals surface area contributed by atoms with Gasteiger partial charge in [0.15, 0.2) is 5.75 Å². The van der Waals surface area contributed by atoms with Gasteiger partial charge in [-0.1, -0.05) is 20.8 Å². The van der Waals surface area contributed by atoms with Crippen LogP contribution < -0.4 is 15.4 Å². The largest absolute Gasteiger partial charge is 0.494 e. The maximum Gasteiger partial charge on any atom is 0.409 e. The molecule has 0 aliphatic carbocycles. The molecule has 5 nitrogen and oxygen atoms in total. The highest BCUT2D eigenvalue weighted by molar-refractivity contribution is 7.70. The summed E-state index contributed by atoms with van der Waals surface area (Å²) in [5.74, 6) is 0.328. The highest BCUT2D eigenvalue weighted by atomic mass is 31.2. The van der Waals surface area contributed by atoms with E-state index in [1.165, 1.54) is 7.11 Å². The zero-order chi connectivity index (χ0) is 15.7. The lowest BCUT2D eigenvalue weighted by Crippen LogP contribution is -2.20. The molecule has 1 rings (SSSR count). The Morgan fingerprint density at radius 1 is 1.30 bits per heavy atom. The monoisotopic (exact) mass is 299 g/mol. The van der Waals surface area contributed by atoms with Crippen LogP contribution >= 0.6 is 7.14 Å². The van der Waals surface area contributed by atoms with E-state index in [-0.39, 0.29) is 5.41 Å². The van der Waals surface area contributed by atoms with Crippen LogP contribution in [0.15, 0.2) is 12.1 Å². The van der Waals surface area contributed by atoms with Crippen molar-refractivity contribution in [1.82, 2.24) is 0 Å². The van der Waals surface area contributed by atoms with Gasteiger partial charge < -0.3 is 14.4 Å². The molecule has 0 saturated carbocycles. The highest BCUT2D eigenvalue weighted by Crippen LogP contribution is 2.43. The molecule has 0 bridgehead atoms. The Morgan fingerprint density at radius 3 is 2.20 bits per heavy atom. The van der Waals surface area contributed by atoms with Gasteiger partial charge in [-0.05, 0) is 36.4 Å². The maximum absolute atomic E-state index is 12.5. The summed E-state index contributed by atoms with van der Waals surface area (Å²) in [6.45, 7) is 9.32. The summed E-state index contributed by atoms with van der Waals surface area (Å²) >= 11 is 0. The molecule has 0 fully saturated rings. The van der Waals surface area contributed by atoms with Crippen LogP contribution in [0.25, 0.3) is 0 Å². The Hall–Kier alpha value is -1.48. The van der Waals surface area contributed by atoms with E-state index in [0.717, 1.165) is 5.56 Å². The average molecular weight is 299 g/mol. The van der Waals surface area contributed by atoms with Crippen LogP contribution in [0.2, 0.25) is 0 Å². The van der Waals surface area contributed by atoms with E-state index < -0.39 is 13.2 Å². The third-order valence-corrected chi connectivity index (χ3v) is 4.45. The minimum Gasteiger partial charge on any atom is -0.494 e. The van der Waals surface area contributed by atoms with E-state index in [1.54, 1.807) is 19.4 Å². The van der Waals surface area contributed by atoms with Gasteiger partial charge in [0, 0.05) is 0 Å². The van der Waals surface area contributed by atoms with Crippen LogP contribution in [0.5, 0.6) is 5.75 Å². The van der Waals surface area contributed by atoms with Crippen LogP contribution in [0.1, 0.15) is 26.3 Å². The van der Waals surface area contributed by atoms with E-state index in [4.69, 9.17) is 9.84 Å². The van der Waals surface area contributed by atoms with Gasteiger partial charge in [0.05, 0.1) is 18.1 Å². The lowest BCUT2D eigenvalue weighted by molar-refractivity contribution is 0.209. The second-order valence-electron chi connectivity index (χ2n) is 6.11. The second-order valence-corrected chi connectivity index (χ2v) is 9.29. The molecule has 0 heterocycles. The molecular weight excluding hydrogens is 277 g/mol. The summed E-state index contributed by atoms with van der Waals surface area (Å²) in [7, 11) is -1.15. The minimum atomic E-state index is -2.60. The zero-order valence-corrected chi connectivity index (χ0v) is 13.7. The molecule has 0 atom stereocenters. The molecule has 0 radical (unpaired) electrons. The summed E-state index contributed by atoms with van der Waals surface area (Å²) in [5, 5.41) is 11.8. The van der Waals surface area contributed by atoms with Crippen molar-refractivity contribution >= 4 is 24.2 Å². The fourth-order valence-electron chi connectivity index (χ4n) is 1.87. The van der Waals surface area contributed by atoms with Gasteiger partial charge in [-0.15, -0.1) is 0 Å².